The zero-order chi connectivity index (χ0) is 14.5. The number of amidine groups is 1. The Bertz CT molecular complexity index is 680. The summed E-state index contributed by atoms with van der Waals surface area (Å²) in [5.74, 6) is -0.805. The van der Waals surface area contributed by atoms with Crippen molar-refractivity contribution in [1.29, 1.82) is 0 Å². The van der Waals surface area contributed by atoms with Gasteiger partial charge in [-0.2, -0.15) is 0 Å². The van der Waals surface area contributed by atoms with Crippen molar-refractivity contribution in [2.45, 2.75) is 13.1 Å². The van der Waals surface area contributed by atoms with Crippen molar-refractivity contribution in [3.05, 3.63) is 55.9 Å². The number of hydrogen-bond acceptors (Lipinski definition) is 5. The fourth-order valence-corrected chi connectivity index (χ4v) is 2.28. The van der Waals surface area contributed by atoms with Gasteiger partial charge in [-0.25, -0.2) is 4.39 Å². The maximum atomic E-state index is 14.1. The number of rotatable bonds is 5. The molecule has 6 nitrogen and oxygen atoms in total. The van der Waals surface area contributed by atoms with Crippen LogP contribution in [0.15, 0.2) is 33.5 Å². The summed E-state index contributed by atoms with van der Waals surface area (Å²) in [6, 6.07) is 4.66. The van der Waals surface area contributed by atoms with Crippen LogP contribution in [0.25, 0.3) is 0 Å². The second-order valence-electron chi connectivity index (χ2n) is 4.04. The van der Waals surface area contributed by atoms with Crippen molar-refractivity contribution in [2.24, 2.45) is 10.9 Å². The van der Waals surface area contributed by atoms with Gasteiger partial charge in [-0.1, -0.05) is 28.6 Å². The summed E-state index contributed by atoms with van der Waals surface area (Å²) in [7, 11) is 0. The van der Waals surface area contributed by atoms with Crippen molar-refractivity contribution < 1.29 is 9.60 Å². The van der Waals surface area contributed by atoms with E-state index in [0.29, 0.717) is 12.1 Å². The summed E-state index contributed by atoms with van der Waals surface area (Å²) < 4.78 is 14.1. The highest BCUT2D eigenvalue weighted by molar-refractivity contribution is 7.07. The molecule has 2 rings (SSSR count). The van der Waals surface area contributed by atoms with Crippen LogP contribution >= 0.6 is 11.3 Å². The van der Waals surface area contributed by atoms with Gasteiger partial charge in [-0.05, 0) is 6.07 Å². The molecular weight excluding hydrogens is 283 g/mol. The van der Waals surface area contributed by atoms with E-state index in [1.54, 1.807) is 17.5 Å². The summed E-state index contributed by atoms with van der Waals surface area (Å²) in [6.07, 6.45) is 0. The van der Waals surface area contributed by atoms with Gasteiger partial charge in [0.25, 0.3) is 0 Å². The topological polar surface area (TPSA) is 104 Å². The van der Waals surface area contributed by atoms with Gasteiger partial charge in [0.15, 0.2) is 5.84 Å². The predicted octanol–water partition coefficient (Wildman–Crippen LogP) is 0.960. The third-order valence-corrected chi connectivity index (χ3v) is 3.38. The minimum absolute atomic E-state index is 0.0516. The molecule has 106 valence electrons. The largest absolute Gasteiger partial charge is 0.409 e. The molecule has 0 aliphatic carbocycles. The van der Waals surface area contributed by atoms with Gasteiger partial charge in [0.1, 0.15) is 5.82 Å². The van der Waals surface area contributed by atoms with Gasteiger partial charge in [-0.15, -0.1) is 0 Å². The Hall–Kier alpha value is -2.19. The van der Waals surface area contributed by atoms with E-state index in [0.717, 1.165) is 17.0 Å². The second-order valence-corrected chi connectivity index (χ2v) is 4.88. The molecule has 5 N–H and O–H groups in total. The summed E-state index contributed by atoms with van der Waals surface area (Å²) in [6.45, 7) is 0.683. The Kier molecular flexibility index (Phi) is 4.49. The van der Waals surface area contributed by atoms with Gasteiger partial charge < -0.3 is 21.2 Å². The van der Waals surface area contributed by atoms with Crippen LogP contribution in [-0.2, 0) is 13.1 Å². The molecule has 0 spiro atoms. The SMILES string of the molecule is N/C(=N/O)c1cccc(CNCc2csc(=O)[nH]2)c1F. The Labute approximate surface area is 117 Å². The first-order valence-electron chi connectivity index (χ1n) is 5.74. The number of H-pyrrole nitrogens is 1. The monoisotopic (exact) mass is 296 g/mol. The normalized spacial score (nSPS) is 11.8. The molecule has 2 aromatic rings. The first-order chi connectivity index (χ1) is 9.61. The molecule has 1 aromatic heterocycles. The number of aromatic nitrogens is 1. The van der Waals surface area contributed by atoms with Crippen molar-refractivity contribution in [1.82, 2.24) is 10.3 Å². The van der Waals surface area contributed by atoms with Crippen molar-refractivity contribution in [3.8, 4) is 0 Å². The van der Waals surface area contributed by atoms with E-state index in [1.165, 1.54) is 6.07 Å². The van der Waals surface area contributed by atoms with Gasteiger partial charge in [0, 0.05) is 29.7 Å². The highest BCUT2D eigenvalue weighted by atomic mass is 32.1. The van der Waals surface area contributed by atoms with Crippen LogP contribution in [0.5, 0.6) is 0 Å². The number of nitrogens with one attached hydrogen (secondary N) is 2. The maximum absolute atomic E-state index is 14.1. The zero-order valence-electron chi connectivity index (χ0n) is 10.4. The van der Waals surface area contributed by atoms with E-state index < -0.39 is 5.82 Å². The van der Waals surface area contributed by atoms with E-state index in [9.17, 15) is 9.18 Å². The molecule has 0 atom stereocenters. The Morgan fingerprint density at radius 1 is 1.50 bits per heavy atom. The van der Waals surface area contributed by atoms with E-state index in [2.05, 4.69) is 15.5 Å². The smallest absolute Gasteiger partial charge is 0.304 e. The van der Waals surface area contributed by atoms with Gasteiger partial charge in [0.2, 0.25) is 0 Å². The van der Waals surface area contributed by atoms with Crippen LogP contribution in [0.3, 0.4) is 0 Å². The lowest BCUT2D eigenvalue weighted by molar-refractivity contribution is 0.318. The standard InChI is InChI=1S/C12H13FN4O2S/c13-10-7(2-1-3-9(10)11(14)17-19)4-15-5-8-6-20-12(18)16-8/h1-3,6,15,19H,4-5H2,(H2,14,17)(H,16,18). The fraction of sp³-hybridized carbons (Fsp3) is 0.167. The molecule has 0 saturated heterocycles. The number of oxime groups is 1. The first-order valence-corrected chi connectivity index (χ1v) is 6.62. The van der Waals surface area contributed by atoms with Crippen LogP contribution in [0.1, 0.15) is 16.8 Å². The lowest BCUT2D eigenvalue weighted by Crippen LogP contribution is -2.19. The number of aromatic amines is 1. The molecule has 20 heavy (non-hydrogen) atoms. The first kappa shape index (κ1) is 14.2. The Morgan fingerprint density at radius 2 is 2.30 bits per heavy atom. The van der Waals surface area contributed by atoms with Gasteiger partial charge in [-0.3, -0.25) is 4.79 Å². The van der Waals surface area contributed by atoms with Crippen molar-refractivity contribution >= 4 is 17.2 Å². The van der Waals surface area contributed by atoms with Crippen molar-refractivity contribution in [2.75, 3.05) is 0 Å². The molecule has 0 radical (unpaired) electrons. The Balaban J connectivity index is 2.04. The highest BCUT2D eigenvalue weighted by Crippen LogP contribution is 2.13. The minimum atomic E-state index is -0.533. The zero-order valence-corrected chi connectivity index (χ0v) is 11.2. The molecule has 0 bridgehead atoms. The number of nitrogens with two attached hydrogens (primary N) is 1. The molecule has 8 heteroatoms. The molecule has 0 aliphatic heterocycles. The molecule has 0 amide bonds. The van der Waals surface area contributed by atoms with Gasteiger partial charge >= 0.3 is 4.87 Å². The third kappa shape index (κ3) is 3.22. The molecule has 0 fully saturated rings. The summed E-state index contributed by atoms with van der Waals surface area (Å²) in [5, 5.41) is 16.1. The third-order valence-electron chi connectivity index (χ3n) is 2.66. The average molecular weight is 296 g/mol. The predicted molar refractivity (Wildman–Crippen MR) is 74.4 cm³/mol. The second kappa shape index (κ2) is 6.31. The lowest BCUT2D eigenvalue weighted by Gasteiger charge is -2.08. The van der Waals surface area contributed by atoms with E-state index in [4.69, 9.17) is 10.9 Å². The molecule has 0 unspecified atom stereocenters. The van der Waals surface area contributed by atoms with Crippen LogP contribution in [-0.4, -0.2) is 16.0 Å². The molecule has 1 aromatic carbocycles. The maximum Gasteiger partial charge on any atom is 0.304 e. The van der Waals surface area contributed by atoms with E-state index in [-0.39, 0.29) is 22.8 Å². The number of halogens is 1. The Morgan fingerprint density at radius 3 is 2.95 bits per heavy atom. The number of hydrogen-bond donors (Lipinski definition) is 4. The summed E-state index contributed by atoms with van der Waals surface area (Å²) in [5.41, 5.74) is 6.58. The lowest BCUT2D eigenvalue weighted by atomic mass is 10.1. The quantitative estimate of drug-likeness (QED) is 0.285. The van der Waals surface area contributed by atoms with Crippen molar-refractivity contribution in [3.63, 3.8) is 0 Å². The number of benzene rings is 1. The van der Waals surface area contributed by atoms with Crippen LogP contribution in [0, 0.1) is 5.82 Å². The summed E-state index contributed by atoms with van der Waals surface area (Å²) >= 11 is 1.08. The molecule has 0 saturated carbocycles. The molecule has 0 aliphatic rings. The van der Waals surface area contributed by atoms with Crippen LogP contribution in [0.2, 0.25) is 0 Å². The van der Waals surface area contributed by atoms with Crippen LogP contribution in [0.4, 0.5) is 4.39 Å². The molecule has 1 heterocycles. The number of nitrogens with zero attached hydrogens (tertiary/aromatic N) is 1. The highest BCUT2D eigenvalue weighted by Gasteiger charge is 2.11. The van der Waals surface area contributed by atoms with Crippen LogP contribution < -0.4 is 15.9 Å². The number of thiazole rings is 1. The molecular formula is C12H13FN4O2S. The average Bonchev–Trinajstić information content (AvgIpc) is 2.85. The van der Waals surface area contributed by atoms with E-state index in [1.807, 2.05) is 0 Å². The van der Waals surface area contributed by atoms with E-state index >= 15 is 0 Å². The minimum Gasteiger partial charge on any atom is -0.409 e. The summed E-state index contributed by atoms with van der Waals surface area (Å²) in [4.78, 5) is 13.5. The fourth-order valence-electron chi connectivity index (χ4n) is 1.70. The van der Waals surface area contributed by atoms with Gasteiger partial charge in [0.05, 0.1) is 5.56 Å².